The second kappa shape index (κ2) is 9.33. The Hall–Kier alpha value is -0.710. The lowest BCUT2D eigenvalue weighted by molar-refractivity contribution is 0.0950. The Kier molecular flexibility index (Phi) is 8.94. The van der Waals surface area contributed by atoms with Gasteiger partial charge in [-0.1, -0.05) is 12.1 Å². The lowest BCUT2D eigenvalue weighted by Crippen LogP contribution is -2.26. The van der Waals surface area contributed by atoms with Gasteiger partial charge in [-0.2, -0.15) is 0 Å². The topological polar surface area (TPSA) is 41.1 Å². The van der Waals surface area contributed by atoms with Crippen molar-refractivity contribution in [2.24, 2.45) is 0 Å². The highest BCUT2D eigenvalue weighted by Gasteiger charge is 2.08. The van der Waals surface area contributed by atoms with Gasteiger partial charge in [0.1, 0.15) is 0 Å². The number of halogens is 1. The highest BCUT2D eigenvalue weighted by molar-refractivity contribution is 7.98. The second-order valence-corrected chi connectivity index (χ2v) is 4.26. The van der Waals surface area contributed by atoms with E-state index in [4.69, 9.17) is 0 Å². The van der Waals surface area contributed by atoms with Crippen molar-refractivity contribution in [2.75, 3.05) is 26.4 Å². The Morgan fingerprint density at radius 1 is 1.29 bits per heavy atom. The minimum atomic E-state index is 0. The van der Waals surface area contributed by atoms with Gasteiger partial charge in [-0.05, 0) is 38.4 Å². The molecule has 0 saturated heterocycles. The van der Waals surface area contributed by atoms with Crippen molar-refractivity contribution in [3.63, 3.8) is 0 Å². The van der Waals surface area contributed by atoms with E-state index in [1.54, 1.807) is 11.8 Å². The van der Waals surface area contributed by atoms with E-state index in [-0.39, 0.29) is 18.3 Å². The minimum absolute atomic E-state index is 0. The van der Waals surface area contributed by atoms with E-state index in [9.17, 15) is 4.79 Å². The first-order valence-corrected chi connectivity index (χ1v) is 6.58. The summed E-state index contributed by atoms with van der Waals surface area (Å²) in [7, 11) is 1.91. The number of hydrogen-bond acceptors (Lipinski definition) is 3. The van der Waals surface area contributed by atoms with E-state index in [1.807, 2.05) is 37.6 Å². The fourth-order valence-electron chi connectivity index (χ4n) is 1.39. The van der Waals surface area contributed by atoms with Crippen molar-refractivity contribution in [1.29, 1.82) is 0 Å². The fourth-order valence-corrected chi connectivity index (χ4v) is 1.99. The molecule has 0 bridgehead atoms. The Labute approximate surface area is 113 Å². The maximum absolute atomic E-state index is 11.8. The van der Waals surface area contributed by atoms with Crippen LogP contribution in [0.2, 0.25) is 0 Å². The van der Waals surface area contributed by atoms with E-state index in [1.165, 1.54) is 0 Å². The third-order valence-corrected chi connectivity index (χ3v) is 3.04. The molecule has 0 fully saturated rings. The van der Waals surface area contributed by atoms with Crippen molar-refractivity contribution in [2.45, 2.75) is 11.3 Å². The third kappa shape index (κ3) is 5.44. The zero-order chi connectivity index (χ0) is 11.8. The van der Waals surface area contributed by atoms with Gasteiger partial charge in [0.15, 0.2) is 0 Å². The summed E-state index contributed by atoms with van der Waals surface area (Å²) in [6.07, 6.45) is 2.93. The van der Waals surface area contributed by atoms with Crippen LogP contribution in [0.4, 0.5) is 0 Å². The minimum Gasteiger partial charge on any atom is -0.352 e. The summed E-state index contributed by atoms with van der Waals surface area (Å²) in [6.45, 7) is 1.63. The number of nitrogens with one attached hydrogen (secondary N) is 2. The number of carbonyl (C=O) groups excluding carboxylic acids is 1. The van der Waals surface area contributed by atoms with Gasteiger partial charge in [-0.15, -0.1) is 24.2 Å². The number of carbonyl (C=O) groups is 1. The van der Waals surface area contributed by atoms with Gasteiger partial charge >= 0.3 is 0 Å². The van der Waals surface area contributed by atoms with Crippen LogP contribution in [0, 0.1) is 0 Å². The standard InChI is InChI=1S/C12H18N2OS.ClH/c1-13-8-5-9-14-12(15)10-6-3-4-7-11(10)16-2;/h3-4,6-7,13H,5,8-9H2,1-2H3,(H,14,15);1H. The molecule has 0 spiro atoms. The van der Waals surface area contributed by atoms with Crippen molar-refractivity contribution < 1.29 is 4.79 Å². The summed E-state index contributed by atoms with van der Waals surface area (Å²) >= 11 is 1.59. The molecule has 0 aliphatic carbocycles. The smallest absolute Gasteiger partial charge is 0.252 e. The summed E-state index contributed by atoms with van der Waals surface area (Å²) in [5, 5.41) is 5.96. The lowest BCUT2D eigenvalue weighted by Gasteiger charge is -2.08. The Bertz CT molecular complexity index is 347. The average molecular weight is 275 g/mol. The molecule has 0 heterocycles. The molecular weight excluding hydrogens is 256 g/mol. The molecule has 5 heteroatoms. The Balaban J connectivity index is 0.00000256. The average Bonchev–Trinajstić information content (AvgIpc) is 2.34. The molecule has 2 N–H and O–H groups in total. The Morgan fingerprint density at radius 2 is 2.00 bits per heavy atom. The van der Waals surface area contributed by atoms with Gasteiger partial charge in [-0.3, -0.25) is 4.79 Å². The molecule has 0 saturated carbocycles. The highest BCUT2D eigenvalue weighted by atomic mass is 35.5. The van der Waals surface area contributed by atoms with Gasteiger partial charge in [0, 0.05) is 11.4 Å². The molecular formula is C12H19ClN2OS. The number of thioether (sulfide) groups is 1. The van der Waals surface area contributed by atoms with Crippen molar-refractivity contribution in [3.8, 4) is 0 Å². The first kappa shape index (κ1) is 16.3. The summed E-state index contributed by atoms with van der Waals surface area (Å²) in [5.74, 6) is 0.0149. The monoisotopic (exact) mass is 274 g/mol. The molecule has 1 amide bonds. The first-order chi connectivity index (χ1) is 7.79. The molecule has 17 heavy (non-hydrogen) atoms. The number of benzene rings is 1. The zero-order valence-electron chi connectivity index (χ0n) is 10.2. The predicted octanol–water partition coefficient (Wildman–Crippen LogP) is 2.17. The first-order valence-electron chi connectivity index (χ1n) is 5.35. The van der Waals surface area contributed by atoms with E-state index >= 15 is 0 Å². The highest BCUT2D eigenvalue weighted by Crippen LogP contribution is 2.19. The number of hydrogen-bond donors (Lipinski definition) is 2. The molecule has 1 aromatic rings. The second-order valence-electron chi connectivity index (χ2n) is 3.41. The number of amides is 1. The van der Waals surface area contributed by atoms with Crippen LogP contribution in [0.15, 0.2) is 29.2 Å². The molecule has 1 aromatic carbocycles. The van der Waals surface area contributed by atoms with E-state index < -0.39 is 0 Å². The van der Waals surface area contributed by atoms with Gasteiger partial charge in [-0.25, -0.2) is 0 Å². The largest absolute Gasteiger partial charge is 0.352 e. The molecule has 1 rings (SSSR count). The van der Waals surface area contributed by atoms with Crippen LogP contribution in [0.5, 0.6) is 0 Å². The molecule has 0 aliphatic heterocycles. The molecule has 0 atom stereocenters. The zero-order valence-corrected chi connectivity index (χ0v) is 11.8. The van der Waals surface area contributed by atoms with Gasteiger partial charge in [0.25, 0.3) is 5.91 Å². The summed E-state index contributed by atoms with van der Waals surface area (Å²) < 4.78 is 0. The fraction of sp³-hybridized carbons (Fsp3) is 0.417. The number of rotatable bonds is 6. The molecule has 3 nitrogen and oxygen atoms in total. The van der Waals surface area contributed by atoms with Crippen LogP contribution in [0.3, 0.4) is 0 Å². The Morgan fingerprint density at radius 3 is 2.65 bits per heavy atom. The van der Waals surface area contributed by atoms with Crippen LogP contribution >= 0.6 is 24.2 Å². The maximum Gasteiger partial charge on any atom is 0.252 e. The normalized spacial score (nSPS) is 9.53. The maximum atomic E-state index is 11.8. The predicted molar refractivity (Wildman–Crippen MR) is 76.3 cm³/mol. The van der Waals surface area contributed by atoms with Gasteiger partial charge in [0.2, 0.25) is 0 Å². The molecule has 0 unspecified atom stereocenters. The molecule has 0 aliphatic rings. The van der Waals surface area contributed by atoms with Crippen molar-refractivity contribution in [1.82, 2.24) is 10.6 Å². The van der Waals surface area contributed by atoms with E-state index in [0.29, 0.717) is 6.54 Å². The third-order valence-electron chi connectivity index (χ3n) is 2.24. The quantitative estimate of drug-likeness (QED) is 0.617. The van der Waals surface area contributed by atoms with E-state index in [0.717, 1.165) is 23.4 Å². The van der Waals surface area contributed by atoms with Crippen LogP contribution in [-0.2, 0) is 0 Å². The summed E-state index contributed by atoms with van der Waals surface area (Å²) in [5.41, 5.74) is 0.763. The van der Waals surface area contributed by atoms with Crippen LogP contribution in [0.1, 0.15) is 16.8 Å². The SMILES string of the molecule is CNCCCNC(=O)c1ccccc1SC.Cl. The van der Waals surface area contributed by atoms with Crippen LogP contribution in [-0.4, -0.2) is 32.3 Å². The molecule has 0 radical (unpaired) electrons. The molecule has 96 valence electrons. The van der Waals surface area contributed by atoms with Crippen LogP contribution in [0.25, 0.3) is 0 Å². The van der Waals surface area contributed by atoms with Gasteiger partial charge in [0.05, 0.1) is 5.56 Å². The lowest BCUT2D eigenvalue weighted by atomic mass is 10.2. The van der Waals surface area contributed by atoms with Crippen LogP contribution < -0.4 is 10.6 Å². The van der Waals surface area contributed by atoms with Crippen molar-refractivity contribution in [3.05, 3.63) is 29.8 Å². The van der Waals surface area contributed by atoms with E-state index in [2.05, 4.69) is 10.6 Å². The summed E-state index contributed by atoms with van der Waals surface area (Å²) in [6, 6.07) is 7.66. The van der Waals surface area contributed by atoms with Crippen molar-refractivity contribution >= 4 is 30.1 Å². The summed E-state index contributed by atoms with van der Waals surface area (Å²) in [4.78, 5) is 12.9. The van der Waals surface area contributed by atoms with Gasteiger partial charge < -0.3 is 10.6 Å². The molecule has 0 aromatic heterocycles.